The molecule has 0 heterocycles. The molecule has 0 spiro atoms. The standard InChI is InChI=1S/C6H13NO4/c1-2-7(10)6(9)11-5-3-4-8/h8,10H,2-5H2,1H3. The number of hydroxylamine groups is 2. The topological polar surface area (TPSA) is 70.0 Å². The smallest absolute Gasteiger partial charge is 0.433 e. The molecule has 5 heteroatoms. The lowest BCUT2D eigenvalue weighted by molar-refractivity contribution is -0.0707. The Balaban J connectivity index is 3.36. The van der Waals surface area contributed by atoms with Crippen LogP contribution in [-0.2, 0) is 4.74 Å². The first-order valence-corrected chi connectivity index (χ1v) is 3.46. The van der Waals surface area contributed by atoms with Gasteiger partial charge < -0.3 is 9.84 Å². The lowest BCUT2D eigenvalue weighted by atomic mass is 10.5. The van der Waals surface area contributed by atoms with Gasteiger partial charge in [-0.1, -0.05) is 0 Å². The van der Waals surface area contributed by atoms with Crippen molar-refractivity contribution >= 4 is 6.09 Å². The molecule has 0 aliphatic rings. The molecule has 0 rings (SSSR count). The maximum absolute atomic E-state index is 10.6. The summed E-state index contributed by atoms with van der Waals surface area (Å²) in [6, 6.07) is 0. The predicted octanol–water partition coefficient (Wildman–Crippen LogP) is 0.217. The van der Waals surface area contributed by atoms with E-state index in [1.165, 1.54) is 0 Å². The minimum Gasteiger partial charge on any atom is -0.448 e. The van der Waals surface area contributed by atoms with E-state index in [1.54, 1.807) is 6.92 Å². The Kier molecular flexibility index (Phi) is 5.50. The Hall–Kier alpha value is -0.810. The molecule has 0 atom stereocenters. The van der Waals surface area contributed by atoms with Gasteiger partial charge in [0.2, 0.25) is 0 Å². The van der Waals surface area contributed by atoms with Crippen LogP contribution in [0.25, 0.3) is 0 Å². The largest absolute Gasteiger partial charge is 0.448 e. The third-order valence-corrected chi connectivity index (χ3v) is 1.04. The van der Waals surface area contributed by atoms with Crippen molar-refractivity contribution in [3.63, 3.8) is 0 Å². The van der Waals surface area contributed by atoms with E-state index in [9.17, 15) is 4.79 Å². The van der Waals surface area contributed by atoms with Gasteiger partial charge in [-0.2, -0.15) is 5.06 Å². The van der Waals surface area contributed by atoms with E-state index in [0.29, 0.717) is 11.5 Å². The van der Waals surface area contributed by atoms with Gasteiger partial charge >= 0.3 is 6.09 Å². The molecule has 0 fully saturated rings. The maximum Gasteiger partial charge on any atom is 0.433 e. The molecule has 11 heavy (non-hydrogen) atoms. The second kappa shape index (κ2) is 5.94. The van der Waals surface area contributed by atoms with Gasteiger partial charge in [0.1, 0.15) is 0 Å². The highest BCUT2D eigenvalue weighted by Gasteiger charge is 2.07. The Bertz CT molecular complexity index is 117. The normalized spacial score (nSPS) is 9.36. The van der Waals surface area contributed by atoms with Gasteiger partial charge in [-0.15, -0.1) is 0 Å². The van der Waals surface area contributed by atoms with E-state index in [-0.39, 0.29) is 19.8 Å². The number of hydrogen-bond donors (Lipinski definition) is 2. The number of rotatable bonds is 4. The molecule has 2 N–H and O–H groups in total. The zero-order valence-electron chi connectivity index (χ0n) is 6.49. The Morgan fingerprint density at radius 1 is 1.64 bits per heavy atom. The minimum atomic E-state index is -0.777. The fraction of sp³-hybridized carbons (Fsp3) is 0.833. The predicted molar refractivity (Wildman–Crippen MR) is 37.2 cm³/mol. The molecule has 0 saturated heterocycles. The van der Waals surface area contributed by atoms with Gasteiger partial charge in [-0.25, -0.2) is 4.79 Å². The molecular weight excluding hydrogens is 150 g/mol. The van der Waals surface area contributed by atoms with Gasteiger partial charge in [-0.05, 0) is 6.92 Å². The number of nitrogens with zero attached hydrogens (tertiary/aromatic N) is 1. The van der Waals surface area contributed by atoms with Crippen molar-refractivity contribution in [2.45, 2.75) is 13.3 Å². The molecule has 0 aromatic heterocycles. The second-order valence-corrected chi connectivity index (χ2v) is 1.91. The van der Waals surface area contributed by atoms with Crippen LogP contribution in [0, 0.1) is 0 Å². The van der Waals surface area contributed by atoms with Crippen LogP contribution >= 0.6 is 0 Å². The average molecular weight is 163 g/mol. The van der Waals surface area contributed by atoms with Crippen LogP contribution in [-0.4, -0.2) is 41.2 Å². The number of carbonyl (C=O) groups is 1. The molecule has 0 aromatic carbocycles. The second-order valence-electron chi connectivity index (χ2n) is 1.91. The summed E-state index contributed by atoms with van der Waals surface area (Å²) in [6.45, 7) is 1.92. The summed E-state index contributed by atoms with van der Waals surface area (Å²) >= 11 is 0. The number of aliphatic hydroxyl groups is 1. The van der Waals surface area contributed by atoms with E-state index >= 15 is 0 Å². The Morgan fingerprint density at radius 3 is 2.73 bits per heavy atom. The van der Waals surface area contributed by atoms with Crippen molar-refractivity contribution in [2.24, 2.45) is 0 Å². The summed E-state index contributed by atoms with van der Waals surface area (Å²) in [5, 5.41) is 17.5. The summed E-state index contributed by atoms with van der Waals surface area (Å²) in [5.74, 6) is 0. The molecule has 0 aliphatic heterocycles. The third-order valence-electron chi connectivity index (χ3n) is 1.04. The SMILES string of the molecule is CCN(O)C(=O)OCCCO. The average Bonchev–Trinajstić information content (AvgIpc) is 2.03. The first-order chi connectivity index (χ1) is 5.22. The zero-order valence-corrected chi connectivity index (χ0v) is 6.49. The molecule has 0 aliphatic carbocycles. The monoisotopic (exact) mass is 163 g/mol. The van der Waals surface area contributed by atoms with Crippen molar-refractivity contribution in [3.05, 3.63) is 0 Å². The highest BCUT2D eigenvalue weighted by molar-refractivity contribution is 5.65. The van der Waals surface area contributed by atoms with Crippen molar-refractivity contribution in [1.82, 2.24) is 5.06 Å². The Morgan fingerprint density at radius 2 is 2.27 bits per heavy atom. The van der Waals surface area contributed by atoms with Crippen LogP contribution in [0.4, 0.5) is 4.79 Å². The van der Waals surface area contributed by atoms with Gasteiger partial charge in [-0.3, -0.25) is 5.21 Å². The summed E-state index contributed by atoms with van der Waals surface area (Å²) in [5.41, 5.74) is 0. The van der Waals surface area contributed by atoms with Crippen LogP contribution in [0.3, 0.4) is 0 Å². The molecular formula is C6H13NO4. The number of aliphatic hydroxyl groups excluding tert-OH is 1. The zero-order chi connectivity index (χ0) is 8.69. The van der Waals surface area contributed by atoms with Crippen molar-refractivity contribution in [1.29, 1.82) is 0 Å². The van der Waals surface area contributed by atoms with Crippen LogP contribution in [0.15, 0.2) is 0 Å². The summed E-state index contributed by atoms with van der Waals surface area (Å²) in [4.78, 5) is 10.6. The number of ether oxygens (including phenoxy) is 1. The van der Waals surface area contributed by atoms with Crippen molar-refractivity contribution < 1.29 is 19.8 Å². The van der Waals surface area contributed by atoms with Gasteiger partial charge in [0, 0.05) is 19.6 Å². The number of amides is 1. The van der Waals surface area contributed by atoms with Crippen LogP contribution < -0.4 is 0 Å². The van der Waals surface area contributed by atoms with Crippen LogP contribution in [0.2, 0.25) is 0 Å². The Labute approximate surface area is 65.1 Å². The van der Waals surface area contributed by atoms with Crippen molar-refractivity contribution in [2.75, 3.05) is 19.8 Å². The van der Waals surface area contributed by atoms with Crippen LogP contribution in [0.1, 0.15) is 13.3 Å². The van der Waals surface area contributed by atoms with Crippen molar-refractivity contribution in [3.8, 4) is 0 Å². The fourth-order valence-corrected chi connectivity index (χ4v) is 0.428. The summed E-state index contributed by atoms with van der Waals surface area (Å²) in [6.07, 6.45) is -0.385. The molecule has 1 amide bonds. The molecule has 5 nitrogen and oxygen atoms in total. The highest BCUT2D eigenvalue weighted by atomic mass is 16.6. The van der Waals surface area contributed by atoms with Gasteiger partial charge in [0.15, 0.2) is 0 Å². The molecule has 0 bridgehead atoms. The minimum absolute atomic E-state index is 0.0230. The highest BCUT2D eigenvalue weighted by Crippen LogP contribution is 1.89. The maximum atomic E-state index is 10.6. The first kappa shape index (κ1) is 10.2. The number of hydrogen-bond acceptors (Lipinski definition) is 4. The van der Waals surface area contributed by atoms with E-state index < -0.39 is 6.09 Å². The molecule has 0 unspecified atom stereocenters. The third kappa shape index (κ3) is 4.58. The van der Waals surface area contributed by atoms with E-state index in [4.69, 9.17) is 10.3 Å². The fourth-order valence-electron chi connectivity index (χ4n) is 0.428. The van der Waals surface area contributed by atoms with Gasteiger partial charge in [0.25, 0.3) is 0 Å². The van der Waals surface area contributed by atoms with Gasteiger partial charge in [0.05, 0.1) is 6.61 Å². The van der Waals surface area contributed by atoms with E-state index in [1.807, 2.05) is 0 Å². The van der Waals surface area contributed by atoms with E-state index in [0.717, 1.165) is 0 Å². The lowest BCUT2D eigenvalue weighted by Gasteiger charge is -2.11. The summed E-state index contributed by atoms with van der Waals surface area (Å²) in [7, 11) is 0. The lowest BCUT2D eigenvalue weighted by Crippen LogP contribution is -2.28. The first-order valence-electron chi connectivity index (χ1n) is 3.46. The quantitative estimate of drug-likeness (QED) is 0.353. The molecule has 0 radical (unpaired) electrons. The van der Waals surface area contributed by atoms with Crippen LogP contribution in [0.5, 0.6) is 0 Å². The molecule has 0 saturated carbocycles. The molecule has 0 aromatic rings. The summed E-state index contributed by atoms with van der Waals surface area (Å²) < 4.78 is 4.51. The van der Waals surface area contributed by atoms with E-state index in [2.05, 4.69) is 4.74 Å². The number of carbonyl (C=O) groups excluding carboxylic acids is 1. The molecule has 66 valence electrons.